The number of thiophene rings is 1. The van der Waals surface area contributed by atoms with Crippen molar-refractivity contribution in [2.45, 2.75) is 71.6 Å². The molecule has 0 bridgehead atoms. The van der Waals surface area contributed by atoms with Crippen LogP contribution in [0.1, 0.15) is 65.3 Å². The Morgan fingerprint density at radius 2 is 1.36 bits per heavy atom. The van der Waals surface area contributed by atoms with Crippen molar-refractivity contribution in [3.8, 4) is 0 Å². The summed E-state index contributed by atoms with van der Waals surface area (Å²) in [6, 6.07) is 31.4. The summed E-state index contributed by atoms with van der Waals surface area (Å²) in [6.45, 7) is 9.60. The highest BCUT2D eigenvalue weighted by Gasteiger charge is 2.47. The van der Waals surface area contributed by atoms with E-state index in [1.807, 2.05) is 11.3 Å². The molecule has 0 saturated heterocycles. The summed E-state index contributed by atoms with van der Waals surface area (Å²) in [5.41, 5.74) is 23.4. The van der Waals surface area contributed by atoms with Gasteiger partial charge in [-0.25, -0.2) is 0 Å². The topological polar surface area (TPSA) is 6.48 Å². The highest BCUT2D eigenvalue weighted by Crippen LogP contribution is 2.52. The van der Waals surface area contributed by atoms with Crippen molar-refractivity contribution < 1.29 is 0 Å². The van der Waals surface area contributed by atoms with Crippen LogP contribution in [0.15, 0.2) is 78.9 Å². The summed E-state index contributed by atoms with van der Waals surface area (Å²) in [4.78, 5) is 5.37. The van der Waals surface area contributed by atoms with Gasteiger partial charge in [-0.1, -0.05) is 69.3 Å². The van der Waals surface area contributed by atoms with E-state index in [4.69, 9.17) is 0 Å². The van der Waals surface area contributed by atoms with Crippen LogP contribution in [0.25, 0.3) is 10.1 Å². The maximum absolute atomic E-state index is 2.71. The van der Waals surface area contributed by atoms with Crippen molar-refractivity contribution in [3.63, 3.8) is 0 Å². The summed E-state index contributed by atoms with van der Waals surface area (Å²) in [6.07, 6.45) is 7.10. The lowest BCUT2D eigenvalue weighted by Crippen LogP contribution is -2.61. The van der Waals surface area contributed by atoms with E-state index in [1.165, 1.54) is 131 Å². The van der Waals surface area contributed by atoms with Crippen LogP contribution in [-0.2, 0) is 43.9 Å². The van der Waals surface area contributed by atoms with Crippen molar-refractivity contribution in [1.29, 1.82) is 0 Å². The molecule has 6 aromatic rings. The lowest BCUT2D eigenvalue weighted by Gasteiger charge is -2.46. The molecule has 3 heterocycles. The van der Waals surface area contributed by atoms with Gasteiger partial charge in [0.25, 0.3) is 6.71 Å². The van der Waals surface area contributed by atoms with Crippen LogP contribution in [0.2, 0.25) is 0 Å². The quantitative estimate of drug-likeness (QED) is 0.177. The first kappa shape index (κ1) is 26.8. The van der Waals surface area contributed by atoms with E-state index in [9.17, 15) is 0 Å². The fraction of sp³-hybridized carbons (Fsp3) is 0.256. The first-order valence-corrected chi connectivity index (χ1v) is 18.3. The number of anilines is 6. The third-order valence-corrected chi connectivity index (χ3v) is 13.2. The molecule has 5 aromatic carbocycles. The predicted molar refractivity (Wildman–Crippen MR) is 202 cm³/mol. The van der Waals surface area contributed by atoms with E-state index in [0.29, 0.717) is 0 Å². The monoisotopic (exact) mass is 624 g/mol. The maximum Gasteiger partial charge on any atom is 0.254 e. The molecule has 0 atom stereocenters. The summed E-state index contributed by atoms with van der Waals surface area (Å²) in [7, 11) is 0. The van der Waals surface area contributed by atoms with E-state index in [0.717, 1.165) is 6.42 Å². The zero-order valence-corrected chi connectivity index (χ0v) is 28.4. The zero-order valence-electron chi connectivity index (χ0n) is 27.6. The Labute approximate surface area is 281 Å². The van der Waals surface area contributed by atoms with E-state index in [2.05, 4.69) is 116 Å². The van der Waals surface area contributed by atoms with Crippen LogP contribution >= 0.6 is 11.3 Å². The zero-order chi connectivity index (χ0) is 31.3. The Morgan fingerprint density at radius 3 is 2.09 bits per heavy atom. The molecule has 0 N–H and O–H groups in total. The molecule has 1 aromatic heterocycles. The van der Waals surface area contributed by atoms with Crippen molar-refractivity contribution in [3.05, 3.63) is 123 Å². The van der Waals surface area contributed by atoms with Gasteiger partial charge in [-0.2, -0.15) is 0 Å². The summed E-state index contributed by atoms with van der Waals surface area (Å²) < 4.78 is 1.45. The Bertz CT molecular complexity index is 2390. The normalized spacial score (nSPS) is 16.3. The molecule has 4 heteroatoms. The first-order valence-electron chi connectivity index (χ1n) is 17.5. The molecule has 2 nitrogen and oxygen atoms in total. The third-order valence-electron chi connectivity index (χ3n) is 11.9. The Kier molecular flexibility index (Phi) is 5.12. The number of rotatable bonds is 2. The molecular formula is C43H37BN2S. The van der Waals surface area contributed by atoms with E-state index < -0.39 is 0 Å². The minimum atomic E-state index is 0.0569. The lowest BCUT2D eigenvalue weighted by atomic mass is 9.33. The van der Waals surface area contributed by atoms with Gasteiger partial charge in [0, 0.05) is 33.1 Å². The minimum Gasteiger partial charge on any atom is -0.311 e. The van der Waals surface area contributed by atoms with E-state index in [-0.39, 0.29) is 12.1 Å². The fourth-order valence-corrected chi connectivity index (χ4v) is 10.9. The number of fused-ring (bicyclic) bond motifs is 10. The molecule has 11 rings (SSSR count). The molecular weight excluding hydrogens is 587 g/mol. The Hall–Kier alpha value is -4.28. The second-order valence-electron chi connectivity index (χ2n) is 15.6. The second kappa shape index (κ2) is 8.99. The molecule has 0 spiro atoms. The molecule has 0 unspecified atom stereocenters. The van der Waals surface area contributed by atoms with Gasteiger partial charge in [0.2, 0.25) is 0 Å². The van der Waals surface area contributed by atoms with E-state index >= 15 is 0 Å². The molecule has 0 fully saturated rings. The number of nitrogens with zero attached hydrogens (tertiary/aromatic N) is 2. The number of benzene rings is 5. The van der Waals surface area contributed by atoms with Crippen LogP contribution in [0.3, 0.4) is 0 Å². The van der Waals surface area contributed by atoms with Crippen LogP contribution in [-0.4, -0.2) is 6.71 Å². The number of hydrogen-bond donors (Lipinski definition) is 0. The molecule has 47 heavy (non-hydrogen) atoms. The van der Waals surface area contributed by atoms with Gasteiger partial charge >= 0.3 is 0 Å². The number of hydrogen-bond acceptors (Lipinski definition) is 3. The largest absolute Gasteiger partial charge is 0.311 e. The average molecular weight is 625 g/mol. The molecule has 228 valence electrons. The van der Waals surface area contributed by atoms with Crippen LogP contribution < -0.4 is 26.2 Å². The minimum absolute atomic E-state index is 0.0569. The van der Waals surface area contributed by atoms with Gasteiger partial charge in [-0.15, -0.1) is 11.3 Å². The summed E-state index contributed by atoms with van der Waals surface area (Å²) in [5, 5.41) is 2.83. The molecule has 0 radical (unpaired) electrons. The first-order chi connectivity index (χ1) is 22.8. The van der Waals surface area contributed by atoms with Crippen molar-refractivity contribution in [2.24, 2.45) is 0 Å². The van der Waals surface area contributed by atoms with Crippen molar-refractivity contribution >= 4 is 78.0 Å². The molecule has 0 saturated carbocycles. The van der Waals surface area contributed by atoms with Crippen molar-refractivity contribution in [1.82, 2.24) is 0 Å². The molecule has 2 aliphatic heterocycles. The summed E-state index contributed by atoms with van der Waals surface area (Å²) in [5.74, 6) is 0. The molecule has 5 aliphatic rings. The SMILES string of the molecule is Cc1cc2c3c(c1)N(c1cccc4c1CC4)c1c(ccc4c1CC4)B3c1c(sc3c(C(C)(C)C)cccc13)N2c1ccc2c(c1)CC2. The summed E-state index contributed by atoms with van der Waals surface area (Å²) >= 11 is 2.02. The maximum atomic E-state index is 2.71. The van der Waals surface area contributed by atoms with Crippen LogP contribution in [0.5, 0.6) is 0 Å². The smallest absolute Gasteiger partial charge is 0.254 e. The Morgan fingerprint density at radius 1 is 0.638 bits per heavy atom. The second-order valence-corrected chi connectivity index (χ2v) is 16.6. The number of aryl methyl sites for hydroxylation is 5. The fourth-order valence-electron chi connectivity index (χ4n) is 9.33. The highest BCUT2D eigenvalue weighted by atomic mass is 32.1. The van der Waals surface area contributed by atoms with Crippen LogP contribution in [0, 0.1) is 6.92 Å². The third kappa shape index (κ3) is 3.42. The van der Waals surface area contributed by atoms with Gasteiger partial charge in [0.15, 0.2) is 0 Å². The van der Waals surface area contributed by atoms with Gasteiger partial charge in [0.05, 0.1) is 5.00 Å². The molecule has 0 amide bonds. The molecule has 3 aliphatic carbocycles. The van der Waals surface area contributed by atoms with Gasteiger partial charge in [-0.3, -0.25) is 0 Å². The Balaban J connectivity index is 1.29. The van der Waals surface area contributed by atoms with E-state index in [1.54, 1.807) is 5.56 Å². The van der Waals surface area contributed by atoms with Crippen LogP contribution in [0.4, 0.5) is 33.4 Å². The average Bonchev–Trinajstić information content (AvgIpc) is 3.37. The lowest BCUT2D eigenvalue weighted by molar-refractivity contribution is 0.597. The van der Waals surface area contributed by atoms with Gasteiger partial charge < -0.3 is 9.80 Å². The highest BCUT2D eigenvalue weighted by molar-refractivity contribution is 7.27. The van der Waals surface area contributed by atoms with Gasteiger partial charge in [-0.05, 0) is 147 Å². The predicted octanol–water partition coefficient (Wildman–Crippen LogP) is 8.89. The van der Waals surface area contributed by atoms with Crippen molar-refractivity contribution in [2.75, 3.05) is 9.80 Å². The van der Waals surface area contributed by atoms with Gasteiger partial charge in [0.1, 0.15) is 0 Å². The standard InChI is InChI=1S/C43H37BN2S/c1-24-21-36-39-37(22-24)46(35-10-5-7-26-14-18-30(26)35)40-31-19-15-27(31)16-20-34(40)44(39)38-32-8-6-9-33(43(2,3)4)41(32)47-42(38)45(36)29-17-13-25-11-12-28(25)23-29/h5-10,13,16-17,20-23H,11-12,14-15,18-19H2,1-4H3.